The van der Waals surface area contributed by atoms with E-state index in [-0.39, 0.29) is 11.6 Å². The number of hydrogen-bond donors (Lipinski definition) is 1. The molecule has 0 aliphatic heterocycles. The van der Waals surface area contributed by atoms with Crippen LogP contribution in [0.4, 0.5) is 0 Å². The lowest BCUT2D eigenvalue weighted by atomic mass is 10.1. The molecule has 0 amide bonds. The second-order valence-electron chi connectivity index (χ2n) is 5.12. The molecular formula is C14H18N2O2. The lowest BCUT2D eigenvalue weighted by molar-refractivity contribution is 0.330. The number of hydrogen-bond acceptors (Lipinski definition) is 4. The van der Waals surface area contributed by atoms with Crippen molar-refractivity contribution in [2.24, 2.45) is 0 Å². The van der Waals surface area contributed by atoms with Crippen LogP contribution in [0.25, 0.3) is 0 Å². The van der Waals surface area contributed by atoms with Crippen molar-refractivity contribution >= 4 is 0 Å². The summed E-state index contributed by atoms with van der Waals surface area (Å²) in [5, 5.41) is 3.34. The van der Waals surface area contributed by atoms with Crippen molar-refractivity contribution in [1.29, 1.82) is 0 Å². The molecule has 96 valence electrons. The lowest BCUT2D eigenvalue weighted by Gasteiger charge is -2.19. The Labute approximate surface area is 107 Å². The fourth-order valence-corrected chi connectivity index (χ4v) is 1.36. The van der Waals surface area contributed by atoms with E-state index in [1.165, 1.54) is 0 Å². The van der Waals surface area contributed by atoms with E-state index < -0.39 is 0 Å². The summed E-state index contributed by atoms with van der Waals surface area (Å²) < 4.78 is 10.7. The maximum absolute atomic E-state index is 5.49. The molecule has 0 aliphatic carbocycles. The highest BCUT2D eigenvalue weighted by atomic mass is 16.6. The average molecular weight is 246 g/mol. The molecule has 0 saturated heterocycles. The van der Waals surface area contributed by atoms with E-state index in [1.54, 1.807) is 6.26 Å². The maximum Gasteiger partial charge on any atom is 0.399 e. The third kappa shape index (κ3) is 3.89. The average Bonchev–Trinajstić information content (AvgIpc) is 2.75. The minimum absolute atomic E-state index is 0.0550. The third-order valence-corrected chi connectivity index (χ3v) is 2.28. The molecule has 4 nitrogen and oxygen atoms in total. The van der Waals surface area contributed by atoms with E-state index in [4.69, 9.17) is 9.15 Å². The first kappa shape index (κ1) is 12.6. The summed E-state index contributed by atoms with van der Waals surface area (Å²) in [6, 6.07) is 9.45. The van der Waals surface area contributed by atoms with Crippen LogP contribution < -0.4 is 10.1 Å². The number of nitrogens with one attached hydrogen (secondary N) is 1. The zero-order valence-corrected chi connectivity index (χ0v) is 10.9. The van der Waals surface area contributed by atoms with Crippen LogP contribution in [0.2, 0.25) is 0 Å². The molecule has 1 heterocycles. The number of ether oxygens (including phenoxy) is 1. The van der Waals surface area contributed by atoms with Gasteiger partial charge in [0, 0.05) is 12.1 Å². The van der Waals surface area contributed by atoms with Gasteiger partial charge < -0.3 is 14.5 Å². The van der Waals surface area contributed by atoms with E-state index in [9.17, 15) is 0 Å². The van der Waals surface area contributed by atoms with Crippen LogP contribution in [0, 0.1) is 0 Å². The van der Waals surface area contributed by atoms with Gasteiger partial charge in [-0.2, -0.15) is 4.98 Å². The fraction of sp³-hybridized carbons (Fsp3) is 0.357. The summed E-state index contributed by atoms with van der Waals surface area (Å²) in [4.78, 5) is 4.26. The summed E-state index contributed by atoms with van der Waals surface area (Å²) in [6.07, 6.45) is 1.88. The molecule has 0 aliphatic rings. The smallest absolute Gasteiger partial charge is 0.399 e. The zero-order valence-electron chi connectivity index (χ0n) is 10.9. The quantitative estimate of drug-likeness (QED) is 0.898. The summed E-state index contributed by atoms with van der Waals surface area (Å²) in [5.41, 5.74) is 0.884. The fourth-order valence-electron chi connectivity index (χ4n) is 1.36. The minimum atomic E-state index is 0.0550. The van der Waals surface area contributed by atoms with E-state index >= 15 is 0 Å². The summed E-state index contributed by atoms with van der Waals surface area (Å²) in [5.74, 6) is 0.717. The van der Waals surface area contributed by atoms with Gasteiger partial charge in [0.2, 0.25) is 0 Å². The number of aromatic nitrogens is 1. The number of benzene rings is 1. The van der Waals surface area contributed by atoms with Crippen molar-refractivity contribution in [2.45, 2.75) is 32.9 Å². The topological polar surface area (TPSA) is 47.3 Å². The molecule has 4 heteroatoms. The highest BCUT2D eigenvalue weighted by Gasteiger charge is 2.11. The molecule has 0 saturated carbocycles. The largest absolute Gasteiger partial charge is 0.417 e. The van der Waals surface area contributed by atoms with E-state index in [0.29, 0.717) is 6.54 Å². The van der Waals surface area contributed by atoms with Gasteiger partial charge in [0.05, 0.1) is 5.69 Å². The van der Waals surface area contributed by atoms with E-state index in [0.717, 1.165) is 11.4 Å². The third-order valence-electron chi connectivity index (χ3n) is 2.28. The van der Waals surface area contributed by atoms with Crippen LogP contribution in [0.1, 0.15) is 26.5 Å². The minimum Gasteiger partial charge on any atom is -0.417 e. The zero-order chi connectivity index (χ0) is 13.0. The van der Waals surface area contributed by atoms with Gasteiger partial charge in [-0.1, -0.05) is 18.2 Å². The van der Waals surface area contributed by atoms with Crippen LogP contribution in [-0.2, 0) is 6.54 Å². The molecule has 0 spiro atoms. The van der Waals surface area contributed by atoms with E-state index in [2.05, 4.69) is 31.1 Å². The lowest BCUT2D eigenvalue weighted by Crippen LogP contribution is -2.35. The summed E-state index contributed by atoms with van der Waals surface area (Å²) >= 11 is 0. The molecule has 0 bridgehead atoms. The van der Waals surface area contributed by atoms with E-state index in [1.807, 2.05) is 30.3 Å². The molecule has 18 heavy (non-hydrogen) atoms. The van der Waals surface area contributed by atoms with Crippen molar-refractivity contribution < 1.29 is 9.15 Å². The molecule has 0 fully saturated rings. The van der Waals surface area contributed by atoms with Crippen LogP contribution in [-0.4, -0.2) is 10.5 Å². The van der Waals surface area contributed by atoms with Gasteiger partial charge in [-0.15, -0.1) is 0 Å². The number of para-hydroxylation sites is 1. The van der Waals surface area contributed by atoms with Gasteiger partial charge in [-0.05, 0) is 32.9 Å². The predicted octanol–water partition coefficient (Wildman–Crippen LogP) is 3.36. The second kappa shape index (κ2) is 5.23. The molecule has 0 radical (unpaired) electrons. The maximum atomic E-state index is 5.49. The predicted molar refractivity (Wildman–Crippen MR) is 69.6 cm³/mol. The van der Waals surface area contributed by atoms with Crippen LogP contribution >= 0.6 is 0 Å². The molecule has 0 atom stereocenters. The normalized spacial score (nSPS) is 11.5. The van der Waals surface area contributed by atoms with Gasteiger partial charge in [-0.3, -0.25) is 0 Å². The van der Waals surface area contributed by atoms with Gasteiger partial charge in [0.15, 0.2) is 0 Å². The number of rotatable bonds is 4. The SMILES string of the molecule is CC(C)(C)NCc1coc(Oc2ccccc2)n1. The Morgan fingerprint density at radius 2 is 1.94 bits per heavy atom. The second-order valence-corrected chi connectivity index (χ2v) is 5.12. The number of oxazole rings is 1. The first-order chi connectivity index (χ1) is 8.53. The van der Waals surface area contributed by atoms with Crippen LogP contribution in [0.5, 0.6) is 11.8 Å². The highest BCUT2D eigenvalue weighted by molar-refractivity contribution is 5.23. The standard InChI is InChI=1S/C14H18N2O2/c1-14(2,3)15-9-11-10-17-13(16-11)18-12-7-5-4-6-8-12/h4-8,10,15H,9H2,1-3H3. The van der Waals surface area contributed by atoms with Crippen molar-refractivity contribution in [1.82, 2.24) is 10.3 Å². The van der Waals surface area contributed by atoms with Crippen molar-refractivity contribution in [3.05, 3.63) is 42.3 Å². The first-order valence-corrected chi connectivity index (χ1v) is 5.95. The van der Waals surface area contributed by atoms with Gasteiger partial charge >= 0.3 is 6.08 Å². The molecule has 1 N–H and O–H groups in total. The Bertz CT molecular complexity index is 486. The van der Waals surface area contributed by atoms with Crippen molar-refractivity contribution in [2.75, 3.05) is 0 Å². The summed E-state index contributed by atoms with van der Waals surface area (Å²) in [7, 11) is 0. The Morgan fingerprint density at radius 1 is 1.22 bits per heavy atom. The Kier molecular flexibility index (Phi) is 3.67. The Hall–Kier alpha value is -1.81. The molecule has 1 aromatic heterocycles. The van der Waals surface area contributed by atoms with Gasteiger partial charge in [0.1, 0.15) is 12.0 Å². The monoisotopic (exact) mass is 246 g/mol. The van der Waals surface area contributed by atoms with Crippen molar-refractivity contribution in [3.63, 3.8) is 0 Å². The van der Waals surface area contributed by atoms with Crippen LogP contribution in [0.3, 0.4) is 0 Å². The molecule has 2 aromatic rings. The summed E-state index contributed by atoms with van der Waals surface area (Å²) in [6.45, 7) is 6.97. The Balaban J connectivity index is 1.94. The Morgan fingerprint density at radius 3 is 2.61 bits per heavy atom. The van der Waals surface area contributed by atoms with Gasteiger partial charge in [0.25, 0.3) is 0 Å². The van der Waals surface area contributed by atoms with Crippen LogP contribution in [0.15, 0.2) is 41.0 Å². The molecular weight excluding hydrogens is 228 g/mol. The highest BCUT2D eigenvalue weighted by Crippen LogP contribution is 2.20. The van der Waals surface area contributed by atoms with Gasteiger partial charge in [-0.25, -0.2) is 0 Å². The number of nitrogens with zero attached hydrogens (tertiary/aromatic N) is 1. The molecule has 0 unspecified atom stereocenters. The van der Waals surface area contributed by atoms with Crippen molar-refractivity contribution in [3.8, 4) is 11.8 Å². The molecule has 1 aromatic carbocycles. The first-order valence-electron chi connectivity index (χ1n) is 5.95. The molecule has 2 rings (SSSR count).